The Labute approximate surface area is 181 Å². The highest BCUT2D eigenvalue weighted by Gasteiger charge is 2.26. The van der Waals surface area contributed by atoms with E-state index in [4.69, 9.17) is 10.5 Å². The molecule has 0 aromatic heterocycles. The summed E-state index contributed by atoms with van der Waals surface area (Å²) in [7, 11) is 0. The SMILES string of the molecule is Cl.Cl.NC(C(=O)NCc1cccc(CN2CCCCCC2)c1)C1CCOCC1. The number of likely N-dealkylation sites (tertiary alicyclic amines) is 1. The summed E-state index contributed by atoms with van der Waals surface area (Å²) in [5.74, 6) is 0.188. The fourth-order valence-corrected chi connectivity index (χ4v) is 3.99. The number of hydrogen-bond acceptors (Lipinski definition) is 4. The van der Waals surface area contributed by atoms with E-state index < -0.39 is 6.04 Å². The number of hydrogen-bond donors (Lipinski definition) is 2. The van der Waals surface area contributed by atoms with Crippen molar-refractivity contribution in [3.05, 3.63) is 35.4 Å². The summed E-state index contributed by atoms with van der Waals surface area (Å²) in [4.78, 5) is 14.9. The Morgan fingerprint density at radius 2 is 1.75 bits per heavy atom. The van der Waals surface area contributed by atoms with Crippen molar-refractivity contribution in [3.63, 3.8) is 0 Å². The molecule has 1 amide bonds. The molecule has 5 nitrogen and oxygen atoms in total. The van der Waals surface area contributed by atoms with Crippen LogP contribution in [-0.4, -0.2) is 43.2 Å². The molecule has 7 heteroatoms. The molecule has 2 aliphatic heterocycles. The van der Waals surface area contributed by atoms with E-state index >= 15 is 0 Å². The van der Waals surface area contributed by atoms with Crippen LogP contribution in [-0.2, 0) is 22.6 Å². The lowest BCUT2D eigenvalue weighted by atomic mass is 9.92. The number of nitrogens with two attached hydrogens (primary N) is 1. The zero-order valence-electron chi connectivity index (χ0n) is 16.6. The first-order valence-electron chi connectivity index (χ1n) is 10.1. The first kappa shape index (κ1) is 25.2. The molecule has 2 saturated heterocycles. The molecule has 160 valence electrons. The average Bonchev–Trinajstić information content (AvgIpc) is 2.95. The van der Waals surface area contributed by atoms with Crippen LogP contribution in [0.25, 0.3) is 0 Å². The Hall–Kier alpha value is -0.850. The van der Waals surface area contributed by atoms with Gasteiger partial charge in [0.05, 0.1) is 6.04 Å². The largest absolute Gasteiger partial charge is 0.381 e. The Bertz CT molecular complexity index is 575. The summed E-state index contributed by atoms with van der Waals surface area (Å²) < 4.78 is 5.35. The van der Waals surface area contributed by atoms with E-state index in [1.807, 2.05) is 0 Å². The number of benzene rings is 1. The standard InChI is InChI=1S/C21H33N3O2.2ClH/c22-20(19-8-12-26-13-9-19)21(25)23-15-17-6-5-7-18(14-17)16-24-10-3-1-2-4-11-24;;/h5-7,14,19-20H,1-4,8-13,15-16,22H2,(H,23,25);2*1H. The molecule has 28 heavy (non-hydrogen) atoms. The lowest BCUT2D eigenvalue weighted by Gasteiger charge is -2.26. The van der Waals surface area contributed by atoms with E-state index in [1.54, 1.807) is 0 Å². The number of halogens is 2. The van der Waals surface area contributed by atoms with Gasteiger partial charge in [0.15, 0.2) is 0 Å². The van der Waals surface area contributed by atoms with Crippen molar-refractivity contribution in [1.82, 2.24) is 10.2 Å². The topological polar surface area (TPSA) is 67.6 Å². The number of ether oxygens (including phenoxy) is 1. The molecule has 3 rings (SSSR count). The van der Waals surface area contributed by atoms with Crippen LogP contribution in [0.1, 0.15) is 49.7 Å². The van der Waals surface area contributed by atoms with Gasteiger partial charge in [-0.3, -0.25) is 9.69 Å². The molecule has 0 bridgehead atoms. The molecular weight excluding hydrogens is 397 g/mol. The molecule has 1 atom stereocenters. The van der Waals surface area contributed by atoms with E-state index in [-0.39, 0.29) is 36.6 Å². The van der Waals surface area contributed by atoms with Gasteiger partial charge in [-0.15, -0.1) is 24.8 Å². The van der Waals surface area contributed by atoms with Gasteiger partial charge in [-0.25, -0.2) is 0 Å². The van der Waals surface area contributed by atoms with E-state index in [0.717, 1.165) is 24.9 Å². The van der Waals surface area contributed by atoms with Crippen molar-refractivity contribution in [3.8, 4) is 0 Å². The monoisotopic (exact) mass is 431 g/mol. The molecule has 1 aromatic carbocycles. The minimum absolute atomic E-state index is 0. The van der Waals surface area contributed by atoms with Crippen LogP contribution in [0.2, 0.25) is 0 Å². The number of nitrogens with zero attached hydrogens (tertiary/aromatic N) is 1. The van der Waals surface area contributed by atoms with Crippen molar-refractivity contribution in [2.75, 3.05) is 26.3 Å². The van der Waals surface area contributed by atoms with E-state index in [2.05, 4.69) is 34.5 Å². The van der Waals surface area contributed by atoms with Gasteiger partial charge in [0.2, 0.25) is 5.91 Å². The fourth-order valence-electron chi connectivity index (χ4n) is 3.99. The normalized spacial score (nSPS) is 19.6. The number of carbonyl (C=O) groups is 1. The van der Waals surface area contributed by atoms with Crippen molar-refractivity contribution < 1.29 is 9.53 Å². The minimum atomic E-state index is -0.431. The van der Waals surface area contributed by atoms with Crippen LogP contribution >= 0.6 is 24.8 Å². The smallest absolute Gasteiger partial charge is 0.237 e. The van der Waals surface area contributed by atoms with Crippen LogP contribution in [0.5, 0.6) is 0 Å². The Morgan fingerprint density at radius 3 is 2.43 bits per heavy atom. The van der Waals surface area contributed by atoms with Gasteiger partial charge >= 0.3 is 0 Å². The third-order valence-corrected chi connectivity index (χ3v) is 5.64. The van der Waals surface area contributed by atoms with Gasteiger partial charge in [0.1, 0.15) is 0 Å². The first-order valence-corrected chi connectivity index (χ1v) is 10.1. The predicted molar refractivity (Wildman–Crippen MR) is 118 cm³/mol. The summed E-state index contributed by atoms with van der Waals surface area (Å²) in [6.45, 7) is 5.36. The number of nitrogens with one attached hydrogen (secondary N) is 1. The summed E-state index contributed by atoms with van der Waals surface area (Å²) in [5, 5.41) is 3.02. The molecule has 1 aromatic rings. The molecule has 0 aliphatic carbocycles. The number of amides is 1. The van der Waals surface area contributed by atoms with Gasteiger partial charge in [-0.1, -0.05) is 37.1 Å². The second kappa shape index (κ2) is 13.4. The third-order valence-electron chi connectivity index (χ3n) is 5.64. The number of rotatable bonds is 6. The van der Waals surface area contributed by atoms with Crippen molar-refractivity contribution in [1.29, 1.82) is 0 Å². The predicted octanol–water partition coefficient (Wildman–Crippen LogP) is 3.28. The zero-order chi connectivity index (χ0) is 18.2. The van der Waals surface area contributed by atoms with E-state index in [1.165, 1.54) is 44.3 Å². The van der Waals surface area contributed by atoms with Gasteiger partial charge in [-0.05, 0) is 55.8 Å². The number of carbonyl (C=O) groups excluding carboxylic acids is 1. The maximum Gasteiger partial charge on any atom is 0.237 e. The Balaban J connectivity index is 0.00000196. The molecule has 2 heterocycles. The molecule has 0 radical (unpaired) electrons. The second-order valence-corrected chi connectivity index (χ2v) is 7.70. The molecule has 2 fully saturated rings. The quantitative estimate of drug-likeness (QED) is 0.724. The highest BCUT2D eigenvalue weighted by atomic mass is 35.5. The van der Waals surface area contributed by atoms with Crippen molar-refractivity contribution in [2.24, 2.45) is 11.7 Å². The van der Waals surface area contributed by atoms with Crippen LogP contribution < -0.4 is 11.1 Å². The van der Waals surface area contributed by atoms with Gasteiger partial charge in [-0.2, -0.15) is 0 Å². The maximum absolute atomic E-state index is 12.4. The minimum Gasteiger partial charge on any atom is -0.381 e. The third kappa shape index (κ3) is 7.88. The summed E-state index contributed by atoms with van der Waals surface area (Å²) in [6, 6.07) is 8.13. The Kier molecular flexibility index (Phi) is 12.0. The van der Waals surface area contributed by atoms with Crippen LogP contribution in [0.15, 0.2) is 24.3 Å². The molecule has 3 N–H and O–H groups in total. The first-order chi connectivity index (χ1) is 12.7. The van der Waals surface area contributed by atoms with E-state index in [0.29, 0.717) is 19.8 Å². The molecule has 2 aliphatic rings. The highest BCUT2D eigenvalue weighted by molar-refractivity contribution is 5.85. The molecule has 1 unspecified atom stereocenters. The summed E-state index contributed by atoms with van der Waals surface area (Å²) >= 11 is 0. The summed E-state index contributed by atoms with van der Waals surface area (Å²) in [5.41, 5.74) is 8.62. The molecular formula is C21H35Cl2N3O2. The fraction of sp³-hybridized carbons (Fsp3) is 0.667. The molecule has 0 spiro atoms. The van der Waals surface area contributed by atoms with Gasteiger partial charge in [0, 0.05) is 26.3 Å². The van der Waals surface area contributed by atoms with Crippen molar-refractivity contribution in [2.45, 2.75) is 57.7 Å². The lowest BCUT2D eigenvalue weighted by molar-refractivity contribution is -0.124. The average molecular weight is 432 g/mol. The van der Waals surface area contributed by atoms with Gasteiger partial charge in [0.25, 0.3) is 0 Å². The van der Waals surface area contributed by atoms with Crippen molar-refractivity contribution >= 4 is 30.7 Å². The lowest BCUT2D eigenvalue weighted by Crippen LogP contribution is -2.46. The van der Waals surface area contributed by atoms with Gasteiger partial charge < -0.3 is 15.8 Å². The Morgan fingerprint density at radius 1 is 1.11 bits per heavy atom. The van der Waals surface area contributed by atoms with E-state index in [9.17, 15) is 4.79 Å². The highest BCUT2D eigenvalue weighted by Crippen LogP contribution is 2.18. The van der Waals surface area contributed by atoms with Crippen LogP contribution in [0.3, 0.4) is 0 Å². The maximum atomic E-state index is 12.4. The molecule has 0 saturated carbocycles. The van der Waals surface area contributed by atoms with Crippen LogP contribution in [0.4, 0.5) is 0 Å². The second-order valence-electron chi connectivity index (χ2n) is 7.70. The summed E-state index contributed by atoms with van der Waals surface area (Å²) in [6.07, 6.45) is 7.07. The zero-order valence-corrected chi connectivity index (χ0v) is 18.2. The van der Waals surface area contributed by atoms with Crippen LogP contribution in [0, 0.1) is 5.92 Å².